The molecule has 0 radical (unpaired) electrons. The highest BCUT2D eigenvalue weighted by molar-refractivity contribution is 4.91. The monoisotopic (exact) mass is 209 g/mol. The summed E-state index contributed by atoms with van der Waals surface area (Å²) in [6, 6.07) is 0.322. The van der Waals surface area contributed by atoms with Crippen LogP contribution in [0.25, 0.3) is 0 Å². The van der Waals surface area contributed by atoms with E-state index in [1.54, 1.807) is 0 Å². The Morgan fingerprint density at radius 3 is 2.36 bits per heavy atom. The third kappa shape index (κ3) is 2.20. The lowest BCUT2D eigenvalue weighted by Crippen LogP contribution is -2.50. The molecule has 1 atom stereocenters. The Hall–Kier alpha value is -0.290. The molecule has 2 rings (SSSR count). The van der Waals surface area contributed by atoms with Gasteiger partial charge in [-0.15, -0.1) is 0 Å². The van der Waals surface area contributed by atoms with Gasteiger partial charge in [0.25, 0.3) is 0 Å². The van der Waals surface area contributed by atoms with Gasteiger partial charge >= 0.3 is 6.18 Å². The molecule has 1 saturated heterocycles. The van der Waals surface area contributed by atoms with Crippen LogP contribution in [0, 0.1) is 5.92 Å². The lowest BCUT2D eigenvalue weighted by atomic mass is 9.79. The molecule has 0 amide bonds. The third-order valence-corrected chi connectivity index (χ3v) is 3.00. The van der Waals surface area contributed by atoms with E-state index in [2.05, 4.69) is 5.32 Å². The average Bonchev–Trinajstić information content (AvgIpc) is 2.44. The topological polar surface area (TPSA) is 21.3 Å². The van der Waals surface area contributed by atoms with Crippen molar-refractivity contribution in [1.29, 1.82) is 0 Å². The zero-order chi connectivity index (χ0) is 10.2. The number of ether oxygens (including phenoxy) is 1. The van der Waals surface area contributed by atoms with Gasteiger partial charge in [0, 0.05) is 18.7 Å². The Labute approximate surface area is 80.8 Å². The van der Waals surface area contributed by atoms with E-state index >= 15 is 0 Å². The minimum absolute atomic E-state index is 0.0494. The summed E-state index contributed by atoms with van der Waals surface area (Å²) in [7, 11) is 0. The molecule has 1 aliphatic heterocycles. The summed E-state index contributed by atoms with van der Waals surface area (Å²) in [6.07, 6.45) is -2.60. The molecule has 82 valence electrons. The zero-order valence-corrected chi connectivity index (χ0v) is 7.81. The van der Waals surface area contributed by atoms with Crippen LogP contribution in [0.3, 0.4) is 0 Å². The fourth-order valence-corrected chi connectivity index (χ4v) is 2.02. The van der Waals surface area contributed by atoms with Crippen molar-refractivity contribution in [3.8, 4) is 0 Å². The van der Waals surface area contributed by atoms with Crippen LogP contribution in [0.15, 0.2) is 0 Å². The average molecular weight is 209 g/mol. The molecule has 0 aromatic heterocycles. The van der Waals surface area contributed by atoms with Gasteiger partial charge in [-0.1, -0.05) is 0 Å². The van der Waals surface area contributed by atoms with Gasteiger partial charge in [-0.25, -0.2) is 0 Å². The summed E-state index contributed by atoms with van der Waals surface area (Å²) in [4.78, 5) is 0. The molecule has 0 aromatic carbocycles. The summed E-state index contributed by atoms with van der Waals surface area (Å²) in [5.41, 5.74) is 0. The van der Waals surface area contributed by atoms with Crippen molar-refractivity contribution in [2.75, 3.05) is 13.2 Å². The molecule has 1 unspecified atom stereocenters. The van der Waals surface area contributed by atoms with E-state index in [0.717, 1.165) is 13.0 Å². The summed E-state index contributed by atoms with van der Waals surface area (Å²) < 4.78 is 41.5. The van der Waals surface area contributed by atoms with Crippen molar-refractivity contribution in [2.24, 2.45) is 5.92 Å². The predicted octanol–water partition coefficient (Wildman–Crippen LogP) is 1.71. The predicted molar refractivity (Wildman–Crippen MR) is 44.9 cm³/mol. The molecule has 14 heavy (non-hydrogen) atoms. The van der Waals surface area contributed by atoms with E-state index in [-0.39, 0.29) is 24.9 Å². The Kier molecular flexibility index (Phi) is 2.70. The summed E-state index contributed by atoms with van der Waals surface area (Å²) in [5, 5.41) is 3.19. The van der Waals surface area contributed by atoms with Gasteiger partial charge < -0.3 is 10.1 Å². The second-order valence-corrected chi connectivity index (χ2v) is 4.13. The second-order valence-electron chi connectivity index (χ2n) is 4.13. The Bertz CT molecular complexity index is 195. The Morgan fingerprint density at radius 2 is 1.86 bits per heavy atom. The first-order valence-electron chi connectivity index (χ1n) is 4.96. The van der Waals surface area contributed by atoms with E-state index in [4.69, 9.17) is 4.74 Å². The Balaban J connectivity index is 1.67. The Morgan fingerprint density at radius 1 is 1.14 bits per heavy atom. The number of nitrogens with one attached hydrogen (secondary N) is 1. The quantitative estimate of drug-likeness (QED) is 0.747. The highest BCUT2D eigenvalue weighted by atomic mass is 19.4. The van der Waals surface area contributed by atoms with Crippen molar-refractivity contribution in [3.05, 3.63) is 0 Å². The molecular formula is C9H14F3NO. The molecular weight excluding hydrogens is 195 g/mol. The lowest BCUT2D eigenvalue weighted by Gasteiger charge is -2.38. The van der Waals surface area contributed by atoms with Crippen LogP contribution < -0.4 is 5.32 Å². The van der Waals surface area contributed by atoms with Crippen LogP contribution in [0.1, 0.15) is 19.3 Å². The summed E-state index contributed by atoms with van der Waals surface area (Å²) >= 11 is 0. The van der Waals surface area contributed by atoms with E-state index in [0.29, 0.717) is 6.61 Å². The van der Waals surface area contributed by atoms with Crippen LogP contribution in [0.2, 0.25) is 0 Å². The van der Waals surface area contributed by atoms with Crippen molar-refractivity contribution < 1.29 is 17.9 Å². The number of hydrogen-bond acceptors (Lipinski definition) is 2. The van der Waals surface area contributed by atoms with Gasteiger partial charge in [0.15, 0.2) is 0 Å². The lowest BCUT2D eigenvalue weighted by molar-refractivity contribution is -0.199. The van der Waals surface area contributed by atoms with Gasteiger partial charge in [-0.2, -0.15) is 13.2 Å². The van der Waals surface area contributed by atoms with Gasteiger partial charge in [-0.3, -0.25) is 0 Å². The molecule has 1 heterocycles. The number of rotatable bonds is 2. The molecule has 1 aliphatic carbocycles. The van der Waals surface area contributed by atoms with Gasteiger partial charge in [0.1, 0.15) is 0 Å². The smallest absolute Gasteiger partial charge is 0.380 e. The van der Waals surface area contributed by atoms with Crippen LogP contribution in [-0.2, 0) is 4.74 Å². The first-order valence-corrected chi connectivity index (χ1v) is 4.96. The SMILES string of the molecule is FC(F)(F)C1CC(NC2CCOC2)C1. The van der Waals surface area contributed by atoms with Gasteiger partial charge in [0.2, 0.25) is 0 Å². The molecule has 0 spiro atoms. The van der Waals surface area contributed by atoms with Crippen LogP contribution >= 0.6 is 0 Å². The van der Waals surface area contributed by atoms with E-state index in [1.165, 1.54) is 0 Å². The van der Waals surface area contributed by atoms with Crippen molar-refractivity contribution >= 4 is 0 Å². The number of halogens is 3. The van der Waals surface area contributed by atoms with E-state index in [9.17, 15) is 13.2 Å². The van der Waals surface area contributed by atoms with Crippen LogP contribution in [0.5, 0.6) is 0 Å². The fourth-order valence-electron chi connectivity index (χ4n) is 2.02. The molecule has 2 fully saturated rings. The molecule has 5 heteroatoms. The van der Waals surface area contributed by atoms with Gasteiger partial charge in [0.05, 0.1) is 12.5 Å². The van der Waals surface area contributed by atoms with Crippen LogP contribution in [-0.4, -0.2) is 31.5 Å². The largest absolute Gasteiger partial charge is 0.391 e. The molecule has 1 saturated carbocycles. The third-order valence-electron chi connectivity index (χ3n) is 3.00. The highest BCUT2D eigenvalue weighted by Crippen LogP contribution is 2.41. The molecule has 0 bridgehead atoms. The number of hydrogen-bond donors (Lipinski definition) is 1. The summed E-state index contributed by atoms with van der Waals surface area (Å²) in [6.45, 7) is 1.38. The fraction of sp³-hybridized carbons (Fsp3) is 1.00. The molecule has 2 aliphatic rings. The maximum atomic E-state index is 12.1. The molecule has 2 nitrogen and oxygen atoms in total. The molecule has 0 aromatic rings. The second kappa shape index (κ2) is 3.70. The van der Waals surface area contributed by atoms with E-state index < -0.39 is 12.1 Å². The van der Waals surface area contributed by atoms with E-state index in [1.807, 2.05) is 0 Å². The van der Waals surface area contributed by atoms with Crippen molar-refractivity contribution in [3.63, 3.8) is 0 Å². The van der Waals surface area contributed by atoms with Gasteiger partial charge in [-0.05, 0) is 19.3 Å². The standard InChI is InChI=1S/C9H14F3NO/c10-9(11,12)6-3-8(4-6)13-7-1-2-14-5-7/h6-8,13H,1-5H2. The first-order chi connectivity index (χ1) is 6.55. The maximum absolute atomic E-state index is 12.1. The normalized spacial score (nSPS) is 38.4. The highest BCUT2D eigenvalue weighted by Gasteiger charge is 2.48. The van der Waals surface area contributed by atoms with Crippen molar-refractivity contribution in [2.45, 2.75) is 37.5 Å². The number of alkyl halides is 3. The van der Waals surface area contributed by atoms with Crippen LogP contribution in [0.4, 0.5) is 13.2 Å². The maximum Gasteiger partial charge on any atom is 0.391 e. The summed E-state index contributed by atoms with van der Waals surface area (Å²) in [5.74, 6) is -1.08. The molecule has 1 N–H and O–H groups in total. The first kappa shape index (κ1) is 10.2. The van der Waals surface area contributed by atoms with Crippen molar-refractivity contribution in [1.82, 2.24) is 5.32 Å². The minimum atomic E-state index is -4.00. The minimum Gasteiger partial charge on any atom is -0.380 e. The zero-order valence-electron chi connectivity index (χ0n) is 7.81.